The number of nitrogen functional groups attached to an aromatic ring is 1. The molecule has 0 atom stereocenters. The summed E-state index contributed by atoms with van der Waals surface area (Å²) < 4.78 is 5.44. The number of amidine groups is 1. The summed E-state index contributed by atoms with van der Waals surface area (Å²) in [5, 5.41) is 17.2. The quantitative estimate of drug-likeness (QED) is 0.411. The molecule has 0 aliphatic carbocycles. The Morgan fingerprint density at radius 2 is 2.25 bits per heavy atom. The van der Waals surface area contributed by atoms with Gasteiger partial charge in [-0.2, -0.15) is 0 Å². The molecule has 86 valence electrons. The lowest BCUT2D eigenvalue weighted by atomic mass is 10.0. The SMILES string of the molecule is C=CCOc1c(C)cc(C(=N)N)c(O)c1C. The molecule has 4 N–H and O–H groups in total. The number of aromatic hydroxyl groups is 1. The van der Waals surface area contributed by atoms with Crippen molar-refractivity contribution in [3.63, 3.8) is 0 Å². The smallest absolute Gasteiger partial charge is 0.133 e. The summed E-state index contributed by atoms with van der Waals surface area (Å²) in [7, 11) is 0. The van der Waals surface area contributed by atoms with Crippen molar-refractivity contribution in [2.24, 2.45) is 5.73 Å². The lowest BCUT2D eigenvalue weighted by molar-refractivity contribution is 0.353. The molecule has 0 aliphatic rings. The molecule has 0 radical (unpaired) electrons. The Morgan fingerprint density at radius 1 is 1.62 bits per heavy atom. The molecule has 4 nitrogen and oxygen atoms in total. The van der Waals surface area contributed by atoms with Crippen LogP contribution in [0.4, 0.5) is 0 Å². The van der Waals surface area contributed by atoms with E-state index in [4.69, 9.17) is 15.9 Å². The Morgan fingerprint density at radius 3 is 2.75 bits per heavy atom. The minimum Gasteiger partial charge on any atom is -0.507 e. The number of aryl methyl sites for hydroxylation is 1. The van der Waals surface area contributed by atoms with Gasteiger partial charge in [-0.25, -0.2) is 0 Å². The minimum atomic E-state index is -0.154. The number of phenolic OH excluding ortho intramolecular Hbond substituents is 1. The van der Waals surface area contributed by atoms with Crippen molar-refractivity contribution >= 4 is 5.84 Å². The maximum atomic E-state index is 9.85. The van der Waals surface area contributed by atoms with E-state index in [9.17, 15) is 5.11 Å². The highest BCUT2D eigenvalue weighted by molar-refractivity contribution is 5.98. The van der Waals surface area contributed by atoms with Crippen LogP contribution in [0.15, 0.2) is 18.7 Å². The number of hydrogen-bond acceptors (Lipinski definition) is 3. The van der Waals surface area contributed by atoms with Gasteiger partial charge < -0.3 is 15.6 Å². The number of hydrogen-bond donors (Lipinski definition) is 3. The standard InChI is InChI=1S/C12H16N2O2/c1-4-5-16-11-7(2)6-9(12(13)14)10(15)8(11)3/h4,6,15H,1,5H2,2-3H3,(H3,13,14). The third-order valence-electron chi connectivity index (χ3n) is 2.31. The molecule has 0 unspecified atom stereocenters. The first-order valence-electron chi connectivity index (χ1n) is 4.90. The van der Waals surface area contributed by atoms with Crippen LogP contribution in [-0.4, -0.2) is 17.5 Å². The summed E-state index contributed by atoms with van der Waals surface area (Å²) in [4.78, 5) is 0. The maximum Gasteiger partial charge on any atom is 0.133 e. The molecule has 4 heteroatoms. The van der Waals surface area contributed by atoms with Gasteiger partial charge in [0, 0.05) is 5.56 Å². The van der Waals surface area contributed by atoms with E-state index in [0.717, 1.165) is 5.56 Å². The highest BCUT2D eigenvalue weighted by Gasteiger charge is 2.14. The van der Waals surface area contributed by atoms with Crippen LogP contribution in [0.25, 0.3) is 0 Å². The molecule has 1 aromatic carbocycles. The van der Waals surface area contributed by atoms with Crippen molar-refractivity contribution in [1.29, 1.82) is 5.41 Å². The average molecular weight is 220 g/mol. The van der Waals surface area contributed by atoms with E-state index in [1.807, 2.05) is 6.92 Å². The molecule has 0 fully saturated rings. The molecular formula is C12H16N2O2. The zero-order valence-electron chi connectivity index (χ0n) is 9.50. The van der Waals surface area contributed by atoms with Crippen molar-refractivity contribution in [1.82, 2.24) is 0 Å². The molecule has 0 amide bonds. The third-order valence-corrected chi connectivity index (χ3v) is 2.31. The topological polar surface area (TPSA) is 79.3 Å². The minimum absolute atomic E-state index is 0.00263. The van der Waals surface area contributed by atoms with Crippen LogP contribution >= 0.6 is 0 Å². The van der Waals surface area contributed by atoms with Crippen molar-refractivity contribution in [3.8, 4) is 11.5 Å². The molecule has 1 aromatic rings. The van der Waals surface area contributed by atoms with Gasteiger partial charge in [0.1, 0.15) is 23.9 Å². The first kappa shape index (κ1) is 12.1. The van der Waals surface area contributed by atoms with Gasteiger partial charge in [0.2, 0.25) is 0 Å². The predicted molar refractivity (Wildman–Crippen MR) is 64.3 cm³/mol. The summed E-state index contributed by atoms with van der Waals surface area (Å²) in [6.45, 7) is 7.51. The molecule has 0 aromatic heterocycles. The van der Waals surface area contributed by atoms with Gasteiger partial charge in [-0.15, -0.1) is 0 Å². The van der Waals surface area contributed by atoms with Crippen LogP contribution in [0.2, 0.25) is 0 Å². The fourth-order valence-corrected chi connectivity index (χ4v) is 1.53. The van der Waals surface area contributed by atoms with Gasteiger partial charge in [-0.05, 0) is 25.5 Å². The molecule has 1 rings (SSSR count). The van der Waals surface area contributed by atoms with Gasteiger partial charge in [0.15, 0.2) is 0 Å². The molecule has 0 aliphatic heterocycles. The number of nitrogens with one attached hydrogen (secondary N) is 1. The van der Waals surface area contributed by atoms with Gasteiger partial charge in [-0.1, -0.05) is 12.7 Å². The van der Waals surface area contributed by atoms with Crippen LogP contribution < -0.4 is 10.5 Å². The largest absolute Gasteiger partial charge is 0.507 e. The van der Waals surface area contributed by atoms with E-state index < -0.39 is 0 Å². The maximum absolute atomic E-state index is 9.85. The number of phenols is 1. The third kappa shape index (κ3) is 2.16. The van der Waals surface area contributed by atoms with Crippen LogP contribution in [0.1, 0.15) is 16.7 Å². The highest BCUT2D eigenvalue weighted by atomic mass is 16.5. The van der Waals surface area contributed by atoms with Crippen molar-refractivity contribution in [3.05, 3.63) is 35.4 Å². The average Bonchev–Trinajstić information content (AvgIpc) is 2.23. The monoisotopic (exact) mass is 220 g/mol. The van der Waals surface area contributed by atoms with Crippen molar-refractivity contribution < 1.29 is 9.84 Å². The van der Waals surface area contributed by atoms with Crippen LogP contribution in [-0.2, 0) is 0 Å². The van der Waals surface area contributed by atoms with E-state index in [1.165, 1.54) is 0 Å². The Labute approximate surface area is 94.9 Å². The predicted octanol–water partition coefficient (Wildman–Crippen LogP) is 1.86. The summed E-state index contributed by atoms with van der Waals surface area (Å²) in [5.74, 6) is 0.457. The Balaban J connectivity index is 3.28. The van der Waals surface area contributed by atoms with Gasteiger partial charge in [0.25, 0.3) is 0 Å². The molecule has 0 saturated heterocycles. The summed E-state index contributed by atoms with van der Waals surface area (Å²) in [6, 6.07) is 1.64. The fourth-order valence-electron chi connectivity index (χ4n) is 1.53. The van der Waals surface area contributed by atoms with E-state index in [2.05, 4.69) is 6.58 Å². The van der Waals surface area contributed by atoms with Crippen molar-refractivity contribution in [2.45, 2.75) is 13.8 Å². The van der Waals surface area contributed by atoms with Gasteiger partial charge in [-0.3, -0.25) is 5.41 Å². The Hall–Kier alpha value is -1.97. The molecule has 16 heavy (non-hydrogen) atoms. The van der Waals surface area contributed by atoms with E-state index >= 15 is 0 Å². The van der Waals surface area contributed by atoms with Crippen LogP contribution in [0.3, 0.4) is 0 Å². The second-order valence-electron chi connectivity index (χ2n) is 3.56. The van der Waals surface area contributed by atoms with E-state index in [1.54, 1.807) is 19.1 Å². The normalized spacial score (nSPS) is 9.88. The zero-order valence-corrected chi connectivity index (χ0v) is 9.50. The first-order chi connectivity index (χ1) is 7.49. The molecule has 0 bridgehead atoms. The molecular weight excluding hydrogens is 204 g/mol. The summed E-state index contributed by atoms with van der Waals surface area (Å²) in [5.41, 5.74) is 7.13. The second-order valence-corrected chi connectivity index (χ2v) is 3.56. The van der Waals surface area contributed by atoms with Crippen molar-refractivity contribution in [2.75, 3.05) is 6.61 Å². The number of ether oxygens (including phenoxy) is 1. The lowest BCUT2D eigenvalue weighted by Gasteiger charge is -2.14. The van der Waals surface area contributed by atoms with Gasteiger partial charge in [0.05, 0.1) is 5.56 Å². The Kier molecular flexibility index (Phi) is 3.55. The number of nitrogens with two attached hydrogens (primary N) is 1. The molecule has 0 spiro atoms. The number of rotatable bonds is 4. The van der Waals surface area contributed by atoms with E-state index in [0.29, 0.717) is 23.5 Å². The summed E-state index contributed by atoms with van der Waals surface area (Å²) in [6.07, 6.45) is 1.63. The lowest BCUT2D eigenvalue weighted by Crippen LogP contribution is -2.12. The van der Waals surface area contributed by atoms with Crippen LogP contribution in [0.5, 0.6) is 11.5 Å². The zero-order chi connectivity index (χ0) is 12.3. The van der Waals surface area contributed by atoms with Gasteiger partial charge >= 0.3 is 0 Å². The molecule has 0 heterocycles. The highest BCUT2D eigenvalue weighted by Crippen LogP contribution is 2.33. The number of benzene rings is 1. The molecule has 0 saturated carbocycles. The van der Waals surface area contributed by atoms with E-state index in [-0.39, 0.29) is 11.6 Å². The van der Waals surface area contributed by atoms with Crippen LogP contribution in [0, 0.1) is 19.3 Å². The second kappa shape index (κ2) is 4.70. The Bertz CT molecular complexity index is 439. The summed E-state index contributed by atoms with van der Waals surface area (Å²) >= 11 is 0. The fraction of sp³-hybridized carbons (Fsp3) is 0.250. The first-order valence-corrected chi connectivity index (χ1v) is 4.90.